The second-order valence-electron chi connectivity index (χ2n) is 4.43. The fourth-order valence-electron chi connectivity index (χ4n) is 2.12. The SMILES string of the molecule is NC(=O)c1ccc2c(cnn2Cc2ccccc2)c1. The fourth-order valence-corrected chi connectivity index (χ4v) is 2.12. The molecule has 0 aliphatic carbocycles. The Kier molecular flexibility index (Phi) is 2.76. The number of carbonyl (C=O) groups excluding carboxylic acids is 1. The molecule has 0 bridgehead atoms. The molecule has 0 unspecified atom stereocenters. The van der Waals surface area contributed by atoms with Gasteiger partial charge in [-0.1, -0.05) is 30.3 Å². The summed E-state index contributed by atoms with van der Waals surface area (Å²) in [6.45, 7) is 0.709. The van der Waals surface area contributed by atoms with Gasteiger partial charge in [0, 0.05) is 10.9 Å². The van der Waals surface area contributed by atoms with Gasteiger partial charge >= 0.3 is 0 Å². The summed E-state index contributed by atoms with van der Waals surface area (Å²) in [6.07, 6.45) is 1.75. The van der Waals surface area contributed by atoms with Crippen LogP contribution in [0.3, 0.4) is 0 Å². The molecule has 3 rings (SSSR count). The van der Waals surface area contributed by atoms with Crippen LogP contribution in [-0.2, 0) is 6.54 Å². The number of carbonyl (C=O) groups is 1. The normalized spacial score (nSPS) is 10.7. The third-order valence-corrected chi connectivity index (χ3v) is 3.10. The lowest BCUT2D eigenvalue weighted by Gasteiger charge is -2.04. The summed E-state index contributed by atoms with van der Waals surface area (Å²) in [5.74, 6) is -0.419. The summed E-state index contributed by atoms with van der Waals surface area (Å²) in [4.78, 5) is 11.1. The summed E-state index contributed by atoms with van der Waals surface area (Å²) in [5, 5.41) is 5.28. The van der Waals surface area contributed by atoms with Crippen molar-refractivity contribution in [2.45, 2.75) is 6.54 Å². The molecule has 0 saturated heterocycles. The van der Waals surface area contributed by atoms with Gasteiger partial charge in [0.25, 0.3) is 0 Å². The Morgan fingerprint density at radius 3 is 2.68 bits per heavy atom. The molecule has 0 atom stereocenters. The lowest BCUT2D eigenvalue weighted by atomic mass is 10.1. The third-order valence-electron chi connectivity index (χ3n) is 3.10. The number of primary amides is 1. The Labute approximate surface area is 110 Å². The van der Waals surface area contributed by atoms with Crippen molar-refractivity contribution in [2.24, 2.45) is 5.73 Å². The van der Waals surface area contributed by atoms with E-state index >= 15 is 0 Å². The highest BCUT2D eigenvalue weighted by Gasteiger charge is 2.06. The highest BCUT2D eigenvalue weighted by molar-refractivity contribution is 5.96. The summed E-state index contributed by atoms with van der Waals surface area (Å²) < 4.78 is 1.91. The summed E-state index contributed by atoms with van der Waals surface area (Å²) in [7, 11) is 0. The van der Waals surface area contributed by atoms with Gasteiger partial charge in [-0.3, -0.25) is 9.48 Å². The van der Waals surface area contributed by atoms with Crippen LogP contribution in [-0.4, -0.2) is 15.7 Å². The van der Waals surface area contributed by atoms with Crippen molar-refractivity contribution in [1.29, 1.82) is 0 Å². The molecule has 0 fully saturated rings. The molecule has 19 heavy (non-hydrogen) atoms. The number of hydrogen-bond donors (Lipinski definition) is 1. The predicted molar refractivity (Wildman–Crippen MR) is 73.8 cm³/mol. The van der Waals surface area contributed by atoms with Crippen LogP contribution in [0.4, 0.5) is 0 Å². The van der Waals surface area contributed by atoms with Crippen LogP contribution in [0.1, 0.15) is 15.9 Å². The monoisotopic (exact) mass is 251 g/mol. The Morgan fingerprint density at radius 1 is 1.16 bits per heavy atom. The molecule has 94 valence electrons. The van der Waals surface area contributed by atoms with E-state index in [0.717, 1.165) is 10.9 Å². The zero-order valence-corrected chi connectivity index (χ0v) is 10.3. The number of nitrogens with zero attached hydrogens (tertiary/aromatic N) is 2. The van der Waals surface area contributed by atoms with Crippen molar-refractivity contribution in [3.8, 4) is 0 Å². The number of rotatable bonds is 3. The van der Waals surface area contributed by atoms with E-state index in [-0.39, 0.29) is 0 Å². The van der Waals surface area contributed by atoms with Gasteiger partial charge in [-0.05, 0) is 23.8 Å². The Morgan fingerprint density at radius 2 is 1.95 bits per heavy atom. The maximum atomic E-state index is 11.1. The van der Waals surface area contributed by atoms with Crippen LogP contribution in [0.2, 0.25) is 0 Å². The first kappa shape index (κ1) is 11.5. The predicted octanol–water partition coefficient (Wildman–Crippen LogP) is 2.18. The highest BCUT2D eigenvalue weighted by atomic mass is 16.1. The second-order valence-corrected chi connectivity index (χ2v) is 4.43. The lowest BCUT2D eigenvalue weighted by Crippen LogP contribution is -2.10. The maximum Gasteiger partial charge on any atom is 0.248 e. The van der Waals surface area contributed by atoms with Gasteiger partial charge in [0.2, 0.25) is 5.91 Å². The van der Waals surface area contributed by atoms with E-state index in [2.05, 4.69) is 17.2 Å². The Bertz CT molecular complexity index is 731. The first-order valence-corrected chi connectivity index (χ1v) is 6.03. The molecule has 0 spiro atoms. The number of benzene rings is 2. The van der Waals surface area contributed by atoms with E-state index in [1.807, 2.05) is 28.9 Å². The average molecular weight is 251 g/mol. The van der Waals surface area contributed by atoms with E-state index in [1.165, 1.54) is 5.56 Å². The molecular weight excluding hydrogens is 238 g/mol. The fraction of sp³-hybridized carbons (Fsp3) is 0.0667. The molecule has 2 N–H and O–H groups in total. The Balaban J connectivity index is 1.99. The zero-order valence-electron chi connectivity index (χ0n) is 10.3. The molecule has 0 saturated carbocycles. The minimum absolute atomic E-state index is 0.419. The first-order valence-electron chi connectivity index (χ1n) is 6.03. The van der Waals surface area contributed by atoms with Crippen molar-refractivity contribution in [3.63, 3.8) is 0 Å². The van der Waals surface area contributed by atoms with Crippen LogP contribution in [0.25, 0.3) is 10.9 Å². The summed E-state index contributed by atoms with van der Waals surface area (Å²) >= 11 is 0. The second kappa shape index (κ2) is 4.57. The molecular formula is C15H13N3O. The van der Waals surface area contributed by atoms with Crippen molar-refractivity contribution in [3.05, 3.63) is 65.9 Å². The average Bonchev–Trinajstić information content (AvgIpc) is 2.82. The van der Waals surface area contributed by atoms with Gasteiger partial charge in [0.05, 0.1) is 18.3 Å². The molecule has 1 amide bonds. The quantitative estimate of drug-likeness (QED) is 0.775. The number of fused-ring (bicyclic) bond motifs is 1. The first-order chi connectivity index (χ1) is 9.24. The highest BCUT2D eigenvalue weighted by Crippen LogP contribution is 2.17. The standard InChI is InChI=1S/C15H13N3O/c16-15(19)12-6-7-14-13(8-12)9-17-18(14)10-11-4-2-1-3-5-11/h1-9H,10H2,(H2,16,19). The van der Waals surface area contributed by atoms with Crippen molar-refractivity contribution < 1.29 is 4.79 Å². The molecule has 2 aromatic carbocycles. The molecule has 3 aromatic rings. The van der Waals surface area contributed by atoms with Crippen LogP contribution >= 0.6 is 0 Å². The molecule has 0 aliphatic heterocycles. The van der Waals surface area contributed by atoms with E-state index in [4.69, 9.17) is 5.73 Å². The van der Waals surface area contributed by atoms with Crippen molar-refractivity contribution in [2.75, 3.05) is 0 Å². The van der Waals surface area contributed by atoms with Gasteiger partial charge in [0.1, 0.15) is 0 Å². The number of hydrogen-bond acceptors (Lipinski definition) is 2. The van der Waals surface area contributed by atoms with Crippen molar-refractivity contribution in [1.82, 2.24) is 9.78 Å². The summed E-state index contributed by atoms with van der Waals surface area (Å²) in [5.41, 5.74) is 7.96. The van der Waals surface area contributed by atoms with E-state index in [0.29, 0.717) is 12.1 Å². The number of nitrogens with two attached hydrogens (primary N) is 1. The van der Waals surface area contributed by atoms with Gasteiger partial charge in [-0.15, -0.1) is 0 Å². The van der Waals surface area contributed by atoms with Gasteiger partial charge in [-0.25, -0.2) is 0 Å². The smallest absolute Gasteiger partial charge is 0.248 e. The Hall–Kier alpha value is -2.62. The van der Waals surface area contributed by atoms with Gasteiger partial charge in [0.15, 0.2) is 0 Å². The van der Waals surface area contributed by atoms with Gasteiger partial charge in [-0.2, -0.15) is 5.10 Å². The largest absolute Gasteiger partial charge is 0.366 e. The van der Waals surface area contributed by atoms with Crippen molar-refractivity contribution >= 4 is 16.8 Å². The van der Waals surface area contributed by atoms with Crippen LogP contribution in [0.15, 0.2) is 54.7 Å². The zero-order chi connectivity index (χ0) is 13.2. The minimum atomic E-state index is -0.419. The van der Waals surface area contributed by atoms with Crippen LogP contribution in [0.5, 0.6) is 0 Å². The third kappa shape index (κ3) is 2.20. The number of aromatic nitrogens is 2. The van der Waals surface area contributed by atoms with Crippen LogP contribution in [0, 0.1) is 0 Å². The molecule has 0 radical (unpaired) electrons. The molecule has 0 aliphatic rings. The minimum Gasteiger partial charge on any atom is -0.366 e. The molecule has 1 heterocycles. The molecule has 1 aromatic heterocycles. The van der Waals surface area contributed by atoms with E-state index < -0.39 is 5.91 Å². The number of amides is 1. The van der Waals surface area contributed by atoms with Crippen LogP contribution < -0.4 is 5.73 Å². The molecule has 4 heteroatoms. The maximum absolute atomic E-state index is 11.1. The van der Waals surface area contributed by atoms with E-state index in [9.17, 15) is 4.79 Å². The topological polar surface area (TPSA) is 60.9 Å². The molecule has 4 nitrogen and oxygen atoms in total. The summed E-state index contributed by atoms with van der Waals surface area (Å²) in [6, 6.07) is 15.5. The van der Waals surface area contributed by atoms with E-state index in [1.54, 1.807) is 18.3 Å². The lowest BCUT2D eigenvalue weighted by molar-refractivity contribution is 0.100. The van der Waals surface area contributed by atoms with Gasteiger partial charge < -0.3 is 5.73 Å².